The lowest BCUT2D eigenvalue weighted by Gasteiger charge is -2.10. The molecule has 1 aromatic heterocycles. The van der Waals surface area contributed by atoms with Crippen molar-refractivity contribution in [1.82, 2.24) is 9.97 Å². The number of anilines is 2. The van der Waals surface area contributed by atoms with Gasteiger partial charge < -0.3 is 20.1 Å². The van der Waals surface area contributed by atoms with Crippen molar-refractivity contribution in [1.29, 1.82) is 0 Å². The molecule has 0 unspecified atom stereocenters. The van der Waals surface area contributed by atoms with Gasteiger partial charge in [0.05, 0.1) is 19.3 Å². The molecule has 0 aliphatic heterocycles. The highest BCUT2D eigenvalue weighted by atomic mass is 16.5. The summed E-state index contributed by atoms with van der Waals surface area (Å²) in [5.41, 5.74) is 2.04. The van der Waals surface area contributed by atoms with Crippen molar-refractivity contribution >= 4 is 17.5 Å². The predicted molar refractivity (Wildman–Crippen MR) is 108 cm³/mol. The Morgan fingerprint density at radius 3 is 2.43 bits per heavy atom. The number of aromatic nitrogens is 2. The van der Waals surface area contributed by atoms with Gasteiger partial charge in [0.2, 0.25) is 5.95 Å². The molecular weight excluding hydrogens is 356 g/mol. The number of rotatable bonds is 8. The van der Waals surface area contributed by atoms with Crippen molar-refractivity contribution in [3.05, 3.63) is 72.1 Å². The Kier molecular flexibility index (Phi) is 6.41. The molecule has 2 aromatic carbocycles. The first-order chi connectivity index (χ1) is 13.7. The summed E-state index contributed by atoms with van der Waals surface area (Å²) in [6.45, 7) is 3.03. The highest BCUT2D eigenvalue weighted by Gasteiger charge is 2.09. The maximum atomic E-state index is 12.3. The molecule has 0 saturated heterocycles. The third-order valence-electron chi connectivity index (χ3n) is 3.97. The third-order valence-corrected chi connectivity index (χ3v) is 3.97. The molecule has 0 bridgehead atoms. The van der Waals surface area contributed by atoms with Gasteiger partial charge in [0.1, 0.15) is 11.5 Å². The fourth-order valence-corrected chi connectivity index (χ4v) is 2.56. The molecule has 144 valence electrons. The van der Waals surface area contributed by atoms with Crippen LogP contribution < -0.4 is 20.1 Å². The van der Waals surface area contributed by atoms with Gasteiger partial charge in [-0.05, 0) is 37.3 Å². The molecule has 0 fully saturated rings. The van der Waals surface area contributed by atoms with Gasteiger partial charge in [-0.2, -0.15) is 0 Å². The van der Waals surface area contributed by atoms with Crippen LogP contribution in [-0.2, 0) is 6.54 Å². The van der Waals surface area contributed by atoms with Crippen LogP contribution >= 0.6 is 0 Å². The monoisotopic (exact) mass is 378 g/mol. The maximum absolute atomic E-state index is 12.3. The van der Waals surface area contributed by atoms with Crippen LogP contribution in [0.4, 0.5) is 11.6 Å². The van der Waals surface area contributed by atoms with E-state index >= 15 is 0 Å². The fraction of sp³-hybridized carbons (Fsp3) is 0.190. The summed E-state index contributed by atoms with van der Waals surface area (Å²) >= 11 is 0. The summed E-state index contributed by atoms with van der Waals surface area (Å²) in [5.74, 6) is 1.71. The normalized spacial score (nSPS) is 10.2. The number of hydrogen-bond acceptors (Lipinski definition) is 6. The number of carbonyl (C=O) groups is 1. The molecule has 1 amide bonds. The lowest BCUT2D eigenvalue weighted by Crippen LogP contribution is -2.13. The molecule has 7 heteroatoms. The van der Waals surface area contributed by atoms with Crippen molar-refractivity contribution in [3.63, 3.8) is 0 Å². The van der Waals surface area contributed by atoms with E-state index in [1.54, 1.807) is 31.4 Å². The van der Waals surface area contributed by atoms with Crippen LogP contribution in [0.2, 0.25) is 0 Å². The van der Waals surface area contributed by atoms with Gasteiger partial charge in [-0.25, -0.2) is 9.97 Å². The molecule has 0 atom stereocenters. The maximum Gasteiger partial charge on any atom is 0.258 e. The Labute approximate surface area is 163 Å². The number of para-hydroxylation sites is 1. The SMILES string of the molecule is CCOc1ccc(NC(=O)c2cnc(NCc3ccccc3OC)nc2)cc1. The van der Waals surface area contributed by atoms with Gasteiger partial charge in [-0.1, -0.05) is 18.2 Å². The summed E-state index contributed by atoms with van der Waals surface area (Å²) in [5, 5.41) is 5.93. The van der Waals surface area contributed by atoms with E-state index in [0.717, 1.165) is 17.1 Å². The van der Waals surface area contributed by atoms with Gasteiger partial charge in [0.15, 0.2) is 0 Å². The van der Waals surface area contributed by atoms with Crippen molar-refractivity contribution in [2.45, 2.75) is 13.5 Å². The molecule has 0 radical (unpaired) electrons. The van der Waals surface area contributed by atoms with E-state index in [2.05, 4.69) is 20.6 Å². The minimum Gasteiger partial charge on any atom is -0.496 e. The second-order valence-corrected chi connectivity index (χ2v) is 5.87. The lowest BCUT2D eigenvalue weighted by molar-refractivity contribution is 0.102. The van der Waals surface area contributed by atoms with E-state index in [-0.39, 0.29) is 5.91 Å². The number of methoxy groups -OCH3 is 1. The van der Waals surface area contributed by atoms with Crippen LogP contribution in [0.5, 0.6) is 11.5 Å². The zero-order valence-corrected chi connectivity index (χ0v) is 15.8. The molecule has 7 nitrogen and oxygen atoms in total. The minimum atomic E-state index is -0.277. The van der Waals surface area contributed by atoms with E-state index in [1.165, 1.54) is 12.4 Å². The number of ether oxygens (including phenoxy) is 2. The van der Waals surface area contributed by atoms with Crippen LogP contribution in [0.25, 0.3) is 0 Å². The van der Waals surface area contributed by atoms with E-state index in [4.69, 9.17) is 9.47 Å². The van der Waals surface area contributed by atoms with Gasteiger partial charge in [-0.3, -0.25) is 4.79 Å². The van der Waals surface area contributed by atoms with E-state index in [1.807, 2.05) is 31.2 Å². The first kappa shape index (κ1) is 19.2. The number of benzene rings is 2. The number of carbonyl (C=O) groups excluding carboxylic acids is 1. The van der Waals surface area contributed by atoms with Crippen LogP contribution in [-0.4, -0.2) is 29.6 Å². The van der Waals surface area contributed by atoms with Crippen molar-refractivity contribution in [2.24, 2.45) is 0 Å². The minimum absolute atomic E-state index is 0.277. The summed E-state index contributed by atoms with van der Waals surface area (Å²) in [4.78, 5) is 20.8. The average Bonchev–Trinajstić information content (AvgIpc) is 2.74. The molecule has 3 rings (SSSR count). The Morgan fingerprint density at radius 1 is 1.04 bits per heavy atom. The number of nitrogens with one attached hydrogen (secondary N) is 2. The molecule has 0 aliphatic carbocycles. The summed E-state index contributed by atoms with van der Waals surface area (Å²) in [6, 6.07) is 14.9. The molecule has 0 saturated carbocycles. The summed E-state index contributed by atoms with van der Waals surface area (Å²) < 4.78 is 10.7. The van der Waals surface area contributed by atoms with Crippen LogP contribution in [0.1, 0.15) is 22.8 Å². The topological polar surface area (TPSA) is 85.4 Å². The molecule has 0 aliphatic rings. The van der Waals surface area contributed by atoms with E-state index in [9.17, 15) is 4.79 Å². The van der Waals surface area contributed by atoms with Gasteiger partial charge in [-0.15, -0.1) is 0 Å². The lowest BCUT2D eigenvalue weighted by atomic mass is 10.2. The third kappa shape index (κ3) is 4.97. The zero-order valence-electron chi connectivity index (χ0n) is 15.8. The summed E-state index contributed by atoms with van der Waals surface area (Å²) in [6.07, 6.45) is 2.98. The quantitative estimate of drug-likeness (QED) is 0.621. The van der Waals surface area contributed by atoms with Crippen LogP contribution in [0.15, 0.2) is 60.9 Å². The van der Waals surface area contributed by atoms with Gasteiger partial charge >= 0.3 is 0 Å². The fourth-order valence-electron chi connectivity index (χ4n) is 2.56. The molecule has 2 N–H and O–H groups in total. The number of amides is 1. The van der Waals surface area contributed by atoms with Crippen molar-refractivity contribution in [3.8, 4) is 11.5 Å². The number of nitrogens with zero attached hydrogens (tertiary/aromatic N) is 2. The second kappa shape index (κ2) is 9.36. The Morgan fingerprint density at radius 2 is 1.75 bits per heavy atom. The molecule has 3 aromatic rings. The average molecular weight is 378 g/mol. The van der Waals surface area contributed by atoms with Gasteiger partial charge in [0.25, 0.3) is 5.91 Å². The molecule has 28 heavy (non-hydrogen) atoms. The van der Waals surface area contributed by atoms with Crippen LogP contribution in [0.3, 0.4) is 0 Å². The molecular formula is C21H22N4O3. The first-order valence-corrected chi connectivity index (χ1v) is 8.91. The highest BCUT2D eigenvalue weighted by Crippen LogP contribution is 2.18. The summed E-state index contributed by atoms with van der Waals surface area (Å²) in [7, 11) is 1.63. The Hall–Kier alpha value is -3.61. The Balaban J connectivity index is 1.58. The second-order valence-electron chi connectivity index (χ2n) is 5.87. The largest absolute Gasteiger partial charge is 0.496 e. The highest BCUT2D eigenvalue weighted by molar-refractivity contribution is 6.03. The standard InChI is InChI=1S/C21H22N4O3/c1-3-28-18-10-8-17(9-11-18)25-20(26)16-13-23-21(24-14-16)22-12-15-6-4-5-7-19(15)27-2/h4-11,13-14H,3,12H2,1-2H3,(H,25,26)(H,22,23,24). The van der Waals surface area contributed by atoms with E-state index < -0.39 is 0 Å². The van der Waals surface area contributed by atoms with E-state index in [0.29, 0.717) is 30.4 Å². The van der Waals surface area contributed by atoms with Crippen molar-refractivity contribution < 1.29 is 14.3 Å². The van der Waals surface area contributed by atoms with Crippen molar-refractivity contribution in [2.75, 3.05) is 24.4 Å². The number of hydrogen-bond donors (Lipinski definition) is 2. The van der Waals surface area contributed by atoms with Gasteiger partial charge in [0, 0.05) is 30.2 Å². The first-order valence-electron chi connectivity index (χ1n) is 8.91. The smallest absolute Gasteiger partial charge is 0.258 e. The van der Waals surface area contributed by atoms with Crippen LogP contribution in [0, 0.1) is 0 Å². The predicted octanol–water partition coefficient (Wildman–Crippen LogP) is 3.75. The Bertz CT molecular complexity index is 912. The molecule has 0 spiro atoms. The molecule has 1 heterocycles. The zero-order chi connectivity index (χ0) is 19.8.